The van der Waals surface area contributed by atoms with Crippen molar-refractivity contribution in [3.8, 4) is 0 Å². The summed E-state index contributed by atoms with van der Waals surface area (Å²) < 4.78 is 236. The van der Waals surface area contributed by atoms with E-state index in [1.54, 1.807) is 6.58 Å². The zero-order valence-corrected chi connectivity index (χ0v) is 15.4. The molecule has 2 nitrogen and oxygen atoms in total. The molecule has 0 unspecified atom stereocenters. The van der Waals surface area contributed by atoms with Gasteiger partial charge in [-0.1, -0.05) is 6.58 Å². The number of hydrogen-bond acceptors (Lipinski definition) is 2. The van der Waals surface area contributed by atoms with E-state index >= 15 is 0 Å². The molecule has 0 heterocycles. The topological polar surface area (TPSA) is 26.3 Å². The third kappa shape index (κ3) is 5.77. The second-order valence-electron chi connectivity index (χ2n) is 6.36. The van der Waals surface area contributed by atoms with Crippen molar-refractivity contribution in [3.63, 3.8) is 0 Å². The van der Waals surface area contributed by atoms with E-state index in [1.807, 2.05) is 0 Å². The van der Waals surface area contributed by atoms with Crippen molar-refractivity contribution in [3.05, 3.63) is 12.2 Å². The third-order valence-electron chi connectivity index (χ3n) is 3.75. The molecule has 0 aromatic rings. The van der Waals surface area contributed by atoms with Crippen LogP contribution in [0.1, 0.15) is 12.8 Å². The van der Waals surface area contributed by atoms with Crippen molar-refractivity contribution in [1.29, 1.82) is 0 Å². The molecule has 0 aliphatic carbocycles. The molecule has 20 heteroatoms. The fourth-order valence-electron chi connectivity index (χ4n) is 1.83. The highest BCUT2D eigenvalue weighted by Gasteiger charge is 2.90. The number of halogens is 18. The fourth-order valence-corrected chi connectivity index (χ4v) is 1.83. The molecule has 0 spiro atoms. The molecule has 0 aromatic carbocycles. The van der Waals surface area contributed by atoms with Gasteiger partial charge in [-0.15, -0.1) is 0 Å². The Hall–Kier alpha value is -2.05. The molecule has 0 aliphatic heterocycles. The van der Waals surface area contributed by atoms with Crippen molar-refractivity contribution in [2.75, 3.05) is 6.61 Å². The Kier molecular flexibility index (Phi) is 8.33. The number of esters is 1. The first kappa shape index (κ1) is 31.9. The fraction of sp³-hybridized carbons (Fsp3) is 0.786. The van der Waals surface area contributed by atoms with Crippen LogP contribution in [0.3, 0.4) is 0 Å². The summed E-state index contributed by atoms with van der Waals surface area (Å²) in [5, 5.41) is 0. The Labute approximate surface area is 175 Å². The summed E-state index contributed by atoms with van der Waals surface area (Å²) in [7, 11) is 0. The van der Waals surface area contributed by atoms with Crippen molar-refractivity contribution in [2.24, 2.45) is 0 Å². The van der Waals surface area contributed by atoms with Crippen LogP contribution in [-0.2, 0) is 9.53 Å². The molecule has 0 atom stereocenters. The molecular weight excluding hydrogens is 542 g/mol. The highest BCUT2D eigenvalue weighted by molar-refractivity contribution is 5.90. The van der Waals surface area contributed by atoms with Crippen LogP contribution in [-0.4, -0.2) is 60.5 Å². The first-order chi connectivity index (χ1) is 14.5. The second kappa shape index (κ2) is 8.87. The minimum Gasteiger partial charge on any atom is -0.453 e. The van der Waals surface area contributed by atoms with Crippen molar-refractivity contribution < 1.29 is 88.6 Å². The van der Waals surface area contributed by atoms with Crippen LogP contribution >= 0.6 is 0 Å². The van der Waals surface area contributed by atoms with Gasteiger partial charge in [-0.3, -0.25) is 0 Å². The average molecular weight is 550 g/mol. The Bertz CT molecular complexity index is 760. The molecule has 0 fully saturated rings. The molecule has 34 heavy (non-hydrogen) atoms. The molecular formula is C14H8F18O2. The van der Waals surface area contributed by atoms with Gasteiger partial charge in [0.25, 0.3) is 0 Å². The summed E-state index contributed by atoms with van der Waals surface area (Å²) in [5.41, 5.74) is -3.41. The van der Waals surface area contributed by atoms with Gasteiger partial charge >= 0.3 is 53.9 Å². The standard InChI is InChI=1S/C14H8F18O2/c1-5(6(33)34-4-9(20,21)22)10(23,24)12(27,28)14(31,32)13(29,30)11(25,26)7(15,16)2-3-8(17,18)19/h1-4H2. The number of alkyl halides is 18. The zero-order chi connectivity index (χ0) is 28.0. The Morgan fingerprint density at radius 2 is 0.941 bits per heavy atom. The van der Waals surface area contributed by atoms with E-state index in [0.29, 0.717) is 0 Å². The molecule has 202 valence electrons. The van der Waals surface area contributed by atoms with Crippen LogP contribution < -0.4 is 0 Å². The van der Waals surface area contributed by atoms with Gasteiger partial charge in [0, 0.05) is 12.8 Å². The Morgan fingerprint density at radius 3 is 1.29 bits per heavy atom. The van der Waals surface area contributed by atoms with Crippen molar-refractivity contribution in [2.45, 2.75) is 60.7 Å². The monoisotopic (exact) mass is 550 g/mol. The first-order valence-electron chi connectivity index (χ1n) is 7.76. The highest BCUT2D eigenvalue weighted by Crippen LogP contribution is 2.61. The van der Waals surface area contributed by atoms with Gasteiger partial charge in [0.15, 0.2) is 6.61 Å². The van der Waals surface area contributed by atoms with Crippen LogP contribution in [0.4, 0.5) is 79.0 Å². The number of carbonyl (C=O) groups is 1. The van der Waals surface area contributed by atoms with Gasteiger partial charge in [-0.05, 0) is 0 Å². The number of hydrogen-bond donors (Lipinski definition) is 0. The maximum Gasteiger partial charge on any atom is 0.422 e. The van der Waals surface area contributed by atoms with Gasteiger partial charge in [0.1, 0.15) is 5.57 Å². The second-order valence-corrected chi connectivity index (χ2v) is 6.36. The maximum atomic E-state index is 13.7. The summed E-state index contributed by atoms with van der Waals surface area (Å²) in [6.45, 7) is -1.19. The molecule has 0 N–H and O–H groups in total. The van der Waals surface area contributed by atoms with Gasteiger partial charge in [-0.2, -0.15) is 79.0 Å². The number of ether oxygens (including phenoxy) is 1. The van der Waals surface area contributed by atoms with E-state index < -0.39 is 78.9 Å². The minimum absolute atomic E-state index is 1.65. The maximum absolute atomic E-state index is 13.7. The first-order valence-corrected chi connectivity index (χ1v) is 7.76. The molecule has 0 aromatic heterocycles. The normalized spacial score (nSPS) is 15.4. The van der Waals surface area contributed by atoms with Crippen LogP contribution in [0.5, 0.6) is 0 Å². The Balaban J connectivity index is 6.28. The zero-order valence-electron chi connectivity index (χ0n) is 15.4. The van der Waals surface area contributed by atoms with E-state index in [2.05, 4.69) is 4.74 Å². The van der Waals surface area contributed by atoms with Gasteiger partial charge in [0.05, 0.1) is 0 Å². The largest absolute Gasteiger partial charge is 0.453 e. The lowest BCUT2D eigenvalue weighted by Crippen LogP contribution is -2.71. The minimum atomic E-state index is -8.28. The summed E-state index contributed by atoms with van der Waals surface area (Å²) in [4.78, 5) is 11.0. The lowest BCUT2D eigenvalue weighted by Gasteiger charge is -2.41. The summed E-state index contributed by atoms with van der Waals surface area (Å²) >= 11 is 0. The molecule has 0 saturated heterocycles. The van der Waals surface area contributed by atoms with Crippen LogP contribution in [0.25, 0.3) is 0 Å². The molecule has 0 rings (SSSR count). The van der Waals surface area contributed by atoms with Gasteiger partial charge in [0.2, 0.25) is 0 Å². The van der Waals surface area contributed by atoms with E-state index in [1.165, 1.54) is 0 Å². The summed E-state index contributed by atoms with van der Waals surface area (Å²) in [6.07, 6.45) is -17.7. The average Bonchev–Trinajstić information content (AvgIpc) is 2.61. The summed E-state index contributed by atoms with van der Waals surface area (Å²) in [5.74, 6) is -49.6. The lowest BCUT2D eigenvalue weighted by atomic mass is 9.88. The van der Waals surface area contributed by atoms with E-state index in [-0.39, 0.29) is 0 Å². The van der Waals surface area contributed by atoms with E-state index in [0.717, 1.165) is 0 Å². The number of carbonyl (C=O) groups excluding carboxylic acids is 1. The predicted octanol–water partition coefficient (Wildman–Crippen LogP) is 6.80. The molecule has 0 aliphatic rings. The Morgan fingerprint density at radius 1 is 0.559 bits per heavy atom. The number of rotatable bonds is 10. The van der Waals surface area contributed by atoms with Crippen LogP contribution in [0, 0.1) is 0 Å². The molecule has 0 amide bonds. The van der Waals surface area contributed by atoms with Crippen LogP contribution in [0.15, 0.2) is 12.2 Å². The van der Waals surface area contributed by atoms with Gasteiger partial charge < -0.3 is 4.74 Å². The molecule has 0 radical (unpaired) electrons. The van der Waals surface area contributed by atoms with Crippen LogP contribution in [0.2, 0.25) is 0 Å². The quantitative estimate of drug-likeness (QED) is 0.170. The third-order valence-corrected chi connectivity index (χ3v) is 3.75. The summed E-state index contributed by atoms with van der Waals surface area (Å²) in [6, 6.07) is 0. The molecule has 0 bridgehead atoms. The van der Waals surface area contributed by atoms with Crippen molar-refractivity contribution in [1.82, 2.24) is 0 Å². The lowest BCUT2D eigenvalue weighted by molar-refractivity contribution is -0.422. The van der Waals surface area contributed by atoms with E-state index in [9.17, 15) is 83.8 Å². The highest BCUT2D eigenvalue weighted by atomic mass is 19.4. The predicted molar refractivity (Wildman–Crippen MR) is 71.1 cm³/mol. The smallest absolute Gasteiger partial charge is 0.422 e. The van der Waals surface area contributed by atoms with Gasteiger partial charge in [-0.25, -0.2) is 4.79 Å². The van der Waals surface area contributed by atoms with E-state index in [4.69, 9.17) is 0 Å². The molecule has 0 saturated carbocycles. The SMILES string of the molecule is C=C(C(=O)OCC(F)(F)F)C(F)(F)C(F)(F)C(F)(F)C(F)(F)C(F)(F)C(F)(F)CCC(F)(F)F. The van der Waals surface area contributed by atoms with Crippen molar-refractivity contribution >= 4 is 5.97 Å².